The quantitative estimate of drug-likeness (QED) is 0.155. The minimum atomic E-state index is -0.435. The van der Waals surface area contributed by atoms with E-state index in [1.807, 2.05) is 0 Å². The fourth-order valence-electron chi connectivity index (χ4n) is 18.7. The number of anilines is 3. The molecule has 22 rings (SSSR count). The smallest absolute Gasteiger partial charge is 0.0725 e. The van der Waals surface area contributed by atoms with Crippen molar-refractivity contribution < 1.29 is 0 Å². The number of hydrogen-bond donors (Lipinski definition) is 0. The molecule has 4 aliphatic carbocycles. The Hall–Kier alpha value is -12.2. The zero-order valence-electron chi connectivity index (χ0n) is 59.0. The van der Waals surface area contributed by atoms with Crippen molar-refractivity contribution in [1.29, 1.82) is 0 Å². The lowest BCUT2D eigenvalue weighted by Gasteiger charge is -2.31. The number of nitrogens with zero attached hydrogens (tertiary/aromatic N) is 1. The predicted molar refractivity (Wildman–Crippen MR) is 448 cm³/mol. The molecule has 1 nitrogen and oxygen atoms in total. The number of benzene rings is 18. The van der Waals surface area contributed by atoms with Gasteiger partial charge in [-0.15, -0.1) is 0 Å². The molecule has 0 saturated heterocycles. The van der Waals surface area contributed by atoms with Gasteiger partial charge < -0.3 is 4.90 Å². The van der Waals surface area contributed by atoms with Crippen LogP contribution in [0.15, 0.2) is 356 Å². The van der Waals surface area contributed by atoms with Crippen molar-refractivity contribution in [3.63, 3.8) is 0 Å². The molecule has 4 aliphatic rings. The largest absolute Gasteiger partial charge is 0.310 e. The third kappa shape index (κ3) is 9.59. The molecule has 0 aliphatic heterocycles. The van der Waals surface area contributed by atoms with Gasteiger partial charge in [0.15, 0.2) is 0 Å². The second-order valence-corrected chi connectivity index (χ2v) is 30.2. The molecule has 0 atom stereocenters. The van der Waals surface area contributed by atoms with E-state index in [2.05, 4.69) is 400 Å². The van der Waals surface area contributed by atoms with Crippen LogP contribution in [0, 0.1) is 27.7 Å². The van der Waals surface area contributed by atoms with Gasteiger partial charge in [0.05, 0.1) is 10.8 Å². The first-order valence-electron chi connectivity index (χ1n) is 36.8. The molecule has 0 N–H and O–H groups in total. The van der Waals surface area contributed by atoms with Crippen molar-refractivity contribution in [1.82, 2.24) is 0 Å². The molecule has 0 fully saturated rings. The van der Waals surface area contributed by atoms with E-state index in [4.69, 9.17) is 0 Å². The summed E-state index contributed by atoms with van der Waals surface area (Å²) < 4.78 is 1.11. The van der Waals surface area contributed by atoms with Crippen molar-refractivity contribution in [2.24, 2.45) is 0 Å². The molecule has 2 heteroatoms. The molecule has 0 unspecified atom stereocenters. The van der Waals surface area contributed by atoms with Gasteiger partial charge in [-0.1, -0.05) is 317 Å². The van der Waals surface area contributed by atoms with Crippen LogP contribution < -0.4 is 4.90 Å². The van der Waals surface area contributed by atoms with Crippen LogP contribution in [-0.2, 0) is 17.3 Å². The van der Waals surface area contributed by atoms with E-state index < -0.39 is 5.41 Å². The predicted octanol–water partition coefficient (Wildman–Crippen LogP) is 27.7. The van der Waals surface area contributed by atoms with Gasteiger partial charge in [-0.2, -0.15) is 0 Å². The van der Waals surface area contributed by atoms with Gasteiger partial charge in [0.25, 0.3) is 0 Å². The third-order valence-corrected chi connectivity index (χ3v) is 23.8. The summed E-state index contributed by atoms with van der Waals surface area (Å²) in [6.07, 6.45) is 1.03. The van der Waals surface area contributed by atoms with Crippen molar-refractivity contribution >= 4 is 97.6 Å². The summed E-state index contributed by atoms with van der Waals surface area (Å²) in [7, 11) is 0. The number of fused-ring (bicyclic) bond motifs is 32. The monoisotopic (exact) mass is 1400 g/mol. The molecule has 0 radical (unpaired) electrons. The molecule has 0 amide bonds. The second-order valence-electron chi connectivity index (χ2n) is 29.3. The molecule has 105 heavy (non-hydrogen) atoms. The van der Waals surface area contributed by atoms with Gasteiger partial charge >= 0.3 is 0 Å². The van der Waals surface area contributed by atoms with Crippen molar-refractivity contribution in [3.8, 4) is 44.5 Å². The zero-order chi connectivity index (χ0) is 70.2. The molecule has 0 saturated carbocycles. The number of halogens is 1. The molecular formula is C103H72BrN. The van der Waals surface area contributed by atoms with Crippen LogP contribution in [0.3, 0.4) is 0 Å². The van der Waals surface area contributed by atoms with E-state index >= 15 is 0 Å². The van der Waals surface area contributed by atoms with Crippen LogP contribution in [0.5, 0.6) is 0 Å². The minimum Gasteiger partial charge on any atom is -0.310 e. The summed E-state index contributed by atoms with van der Waals surface area (Å²) in [5.74, 6) is 0. The van der Waals surface area contributed by atoms with Crippen LogP contribution in [0.2, 0.25) is 0 Å². The summed E-state index contributed by atoms with van der Waals surface area (Å²) in [5.41, 5.74) is 32.1. The van der Waals surface area contributed by atoms with Gasteiger partial charge in [0, 0.05) is 21.5 Å². The highest BCUT2D eigenvalue weighted by atomic mass is 79.9. The molecule has 0 bridgehead atoms. The topological polar surface area (TPSA) is 3.24 Å². The van der Waals surface area contributed by atoms with Gasteiger partial charge in [-0.25, -0.2) is 0 Å². The van der Waals surface area contributed by atoms with Crippen LogP contribution in [0.25, 0.3) is 109 Å². The van der Waals surface area contributed by atoms with E-state index in [9.17, 15) is 0 Å². The number of rotatable bonds is 5. The first-order valence-corrected chi connectivity index (χ1v) is 37.5. The Bertz CT molecular complexity index is 6420. The third-order valence-electron chi connectivity index (χ3n) is 23.3. The summed E-state index contributed by atoms with van der Waals surface area (Å²) in [5, 5.41) is 15.7. The molecule has 0 heterocycles. The van der Waals surface area contributed by atoms with Crippen LogP contribution in [0.1, 0.15) is 77.9 Å². The Morgan fingerprint density at radius 2 is 0.467 bits per heavy atom. The fourth-order valence-corrected chi connectivity index (χ4v) is 19.0. The van der Waals surface area contributed by atoms with Crippen LogP contribution in [-0.4, -0.2) is 0 Å². The Balaban J connectivity index is 0.000000120. The lowest BCUT2D eigenvalue weighted by Crippen LogP contribution is -2.26. The summed E-state index contributed by atoms with van der Waals surface area (Å²) in [4.78, 5) is 2.41. The molecule has 496 valence electrons. The fraction of sp³-hybridized carbons (Fsp3) is 0.0680. The van der Waals surface area contributed by atoms with E-state index in [0.717, 1.165) is 28.0 Å². The maximum absolute atomic E-state index is 3.80. The Labute approximate surface area is 621 Å². The average Bonchev–Trinajstić information content (AvgIpc) is 1.51. The Morgan fingerprint density at radius 1 is 0.210 bits per heavy atom. The highest BCUT2D eigenvalue weighted by Crippen LogP contribution is 2.66. The molecule has 18 aromatic carbocycles. The SMILES string of the molecule is Brc1ccc2c(c1)-c1cc3c4ccccc4c4ccccc4c3cc1C21c2ccccc2-c2ccccc21.Cc1ccc(Cc2ccc(C)cc2)cc1.Cc1ccc(N(c2ccc(C)cc2)c2ccc3c(c2)-c2cc4c5ccccc5c5ccccc5c4cc2C32c3ccccc3-c3ccccc32)cc1. The highest BCUT2D eigenvalue weighted by Gasteiger charge is 2.53. The van der Waals surface area contributed by atoms with Crippen molar-refractivity contribution in [2.45, 2.75) is 44.9 Å². The lowest BCUT2D eigenvalue weighted by molar-refractivity contribution is 0.795. The highest BCUT2D eigenvalue weighted by molar-refractivity contribution is 9.10. The molecule has 2 spiro atoms. The lowest BCUT2D eigenvalue weighted by atomic mass is 9.70. The van der Waals surface area contributed by atoms with Crippen molar-refractivity contribution in [3.05, 3.63) is 434 Å². The van der Waals surface area contributed by atoms with E-state index in [1.54, 1.807) is 0 Å². The second kappa shape index (κ2) is 24.5. The van der Waals surface area contributed by atoms with Crippen LogP contribution in [0.4, 0.5) is 17.1 Å². The first-order chi connectivity index (χ1) is 51.6. The Morgan fingerprint density at radius 3 is 0.819 bits per heavy atom. The van der Waals surface area contributed by atoms with Gasteiger partial charge in [-0.05, 0) is 272 Å². The summed E-state index contributed by atoms with van der Waals surface area (Å²) in [6, 6.07) is 131. The number of hydrogen-bond acceptors (Lipinski definition) is 1. The van der Waals surface area contributed by atoms with Gasteiger partial charge in [0.2, 0.25) is 0 Å². The maximum atomic E-state index is 3.80. The van der Waals surface area contributed by atoms with Gasteiger partial charge in [-0.3, -0.25) is 0 Å². The average molecular weight is 1400 g/mol. The summed E-state index contributed by atoms with van der Waals surface area (Å²) in [6.45, 7) is 8.55. The standard InChI is InChI=1S/C51H35N.C37H21Br.C15H16/c1-32-19-23-34(24-20-32)52(35-25-21-33(2)22-26-35)36-27-28-49-45(29-36)46-30-43-39-13-5-3-11-37(39)38-12-4-6-14-40(38)44(43)31-50(46)51(49)47-17-9-7-15-41(47)42-16-8-10-18-48(42)51;38-22-17-18-35-31(19-22)32-20-29-25-11-3-1-9-23(25)24-10-2-4-12-26(24)30(29)21-36(32)37(35)33-15-7-5-13-27(33)28-14-6-8-16-34(28)37;1-12-3-7-14(8-4-12)11-15-9-5-13(2)6-10-15/h3-31H,1-2H3;1-21H;3-10H,11H2,1-2H3. The summed E-state index contributed by atoms with van der Waals surface area (Å²) >= 11 is 3.80. The van der Waals surface area contributed by atoms with E-state index in [-0.39, 0.29) is 5.41 Å². The minimum absolute atomic E-state index is 0.334. The first kappa shape index (κ1) is 62.6. The normalized spacial score (nSPS) is 13.2. The Kier molecular flexibility index (Phi) is 14.6. The van der Waals surface area contributed by atoms with E-state index in [0.29, 0.717) is 0 Å². The van der Waals surface area contributed by atoms with Crippen molar-refractivity contribution in [2.75, 3.05) is 4.90 Å². The van der Waals surface area contributed by atoms with Gasteiger partial charge in [0.1, 0.15) is 0 Å². The molecule has 0 aromatic heterocycles. The number of aryl methyl sites for hydroxylation is 4. The zero-order valence-corrected chi connectivity index (χ0v) is 60.6. The van der Waals surface area contributed by atoms with Crippen LogP contribution >= 0.6 is 15.9 Å². The van der Waals surface area contributed by atoms with E-state index in [1.165, 1.54) is 187 Å². The molecular weight excluding hydrogens is 1330 g/mol. The maximum Gasteiger partial charge on any atom is 0.0725 e. The molecule has 18 aromatic rings.